The fourth-order valence-corrected chi connectivity index (χ4v) is 0.937. The summed E-state index contributed by atoms with van der Waals surface area (Å²) in [4.78, 5) is 12.1. The van der Waals surface area contributed by atoms with Crippen LogP contribution in [0.4, 0.5) is 0 Å². The number of quaternary nitrogens is 1. The summed E-state index contributed by atoms with van der Waals surface area (Å²) in [6.45, 7) is 6.19. The van der Waals surface area contributed by atoms with Gasteiger partial charge < -0.3 is 22.0 Å². The third-order valence-corrected chi connectivity index (χ3v) is 1.54. The molecule has 0 rings (SSSR count). The molecule has 0 amide bonds. The van der Waals surface area contributed by atoms with Gasteiger partial charge in [0.15, 0.2) is 6.10 Å². The molecule has 0 bridgehead atoms. The van der Waals surface area contributed by atoms with Crippen LogP contribution in [-0.4, -0.2) is 32.7 Å². The highest BCUT2D eigenvalue weighted by molar-refractivity contribution is 5.81. The Balaban J connectivity index is 0. The lowest BCUT2D eigenvalue weighted by atomic mass is 10.2. The Morgan fingerprint density at radius 3 is 2.46 bits per heavy atom. The molecular formula is C9H18ClNO2. The molecule has 0 spiro atoms. The number of hydrogen-bond donors (Lipinski definition) is 1. The molecule has 0 fully saturated rings. The molecule has 3 nitrogen and oxygen atoms in total. The number of esters is 1. The van der Waals surface area contributed by atoms with Crippen molar-refractivity contribution in [1.29, 1.82) is 0 Å². The van der Waals surface area contributed by atoms with Gasteiger partial charge in [-0.1, -0.05) is 13.5 Å². The molecule has 0 aliphatic carbocycles. The van der Waals surface area contributed by atoms with Gasteiger partial charge in [0, 0.05) is 6.08 Å². The molecule has 0 saturated carbocycles. The van der Waals surface area contributed by atoms with Crippen LogP contribution in [0.15, 0.2) is 12.7 Å². The van der Waals surface area contributed by atoms with Crippen molar-refractivity contribution in [1.82, 2.24) is 0 Å². The van der Waals surface area contributed by atoms with Crippen LogP contribution in [0.1, 0.15) is 13.3 Å². The number of likely N-dealkylation sites (N-methyl/N-ethyl adjacent to an activating group) is 1. The van der Waals surface area contributed by atoms with Crippen LogP contribution in [0, 0.1) is 0 Å². The quantitative estimate of drug-likeness (QED) is 0.377. The van der Waals surface area contributed by atoms with E-state index in [1.165, 1.54) is 11.0 Å². The average molecular weight is 208 g/mol. The molecule has 0 aromatic carbocycles. The minimum absolute atomic E-state index is 0. The molecule has 1 atom stereocenters. The van der Waals surface area contributed by atoms with E-state index in [4.69, 9.17) is 4.74 Å². The second kappa shape index (κ2) is 8.08. The van der Waals surface area contributed by atoms with Crippen LogP contribution in [0.5, 0.6) is 0 Å². The molecule has 0 aliphatic heterocycles. The van der Waals surface area contributed by atoms with Crippen LogP contribution in [-0.2, 0) is 9.53 Å². The van der Waals surface area contributed by atoms with E-state index in [1.807, 2.05) is 21.0 Å². The van der Waals surface area contributed by atoms with E-state index in [-0.39, 0.29) is 24.5 Å². The summed E-state index contributed by atoms with van der Waals surface area (Å²) >= 11 is 0. The summed E-state index contributed by atoms with van der Waals surface area (Å²) in [6.07, 6.45) is 2.07. The molecule has 1 N–H and O–H groups in total. The summed E-state index contributed by atoms with van der Waals surface area (Å²) in [6, 6.07) is 0. The standard InChI is InChI=1S/C9H17NO2.ClH/c1-5-8(7-10(3)4)12-9(11)6-2;/h6,8H,2,5,7H2,1,3-4H3;1H. The Morgan fingerprint density at radius 2 is 2.15 bits per heavy atom. The Bertz CT molecular complexity index is 160. The number of ether oxygens (including phenoxy) is 1. The molecule has 0 aliphatic rings. The molecule has 0 radical (unpaired) electrons. The van der Waals surface area contributed by atoms with Gasteiger partial charge in [0.1, 0.15) is 6.54 Å². The van der Waals surface area contributed by atoms with E-state index in [1.54, 1.807) is 0 Å². The van der Waals surface area contributed by atoms with Gasteiger partial charge in [-0.3, -0.25) is 0 Å². The van der Waals surface area contributed by atoms with E-state index in [0.717, 1.165) is 13.0 Å². The fraction of sp³-hybridized carbons (Fsp3) is 0.667. The molecule has 0 aromatic rings. The van der Waals surface area contributed by atoms with Crippen molar-refractivity contribution in [3.63, 3.8) is 0 Å². The van der Waals surface area contributed by atoms with Crippen LogP contribution in [0.3, 0.4) is 0 Å². The first-order valence-electron chi connectivity index (χ1n) is 4.22. The largest absolute Gasteiger partial charge is 1.00 e. The Labute approximate surface area is 86.2 Å². The van der Waals surface area contributed by atoms with Gasteiger partial charge in [-0.05, 0) is 6.42 Å². The number of halogens is 1. The lowest BCUT2D eigenvalue weighted by Gasteiger charge is -2.16. The summed E-state index contributed by atoms with van der Waals surface area (Å²) < 4.78 is 5.08. The average Bonchev–Trinajstić information content (AvgIpc) is 2.02. The SMILES string of the molecule is C=CC(=O)OC(CC)C[NH+](C)C.[Cl-]. The minimum atomic E-state index is -0.330. The molecule has 13 heavy (non-hydrogen) atoms. The van der Waals surface area contributed by atoms with Crippen LogP contribution >= 0.6 is 0 Å². The van der Waals surface area contributed by atoms with Gasteiger partial charge in [-0.25, -0.2) is 4.79 Å². The molecule has 0 aromatic heterocycles. The topological polar surface area (TPSA) is 30.7 Å². The Kier molecular flexibility index (Phi) is 9.29. The van der Waals surface area contributed by atoms with Crippen molar-refractivity contribution in [2.45, 2.75) is 19.4 Å². The highest BCUT2D eigenvalue weighted by Crippen LogP contribution is 1.95. The first-order valence-corrected chi connectivity index (χ1v) is 4.22. The summed E-state index contributed by atoms with van der Waals surface area (Å²) in [5, 5.41) is 0. The monoisotopic (exact) mass is 207 g/mol. The molecular weight excluding hydrogens is 190 g/mol. The van der Waals surface area contributed by atoms with E-state index >= 15 is 0 Å². The molecule has 0 heterocycles. The van der Waals surface area contributed by atoms with E-state index in [2.05, 4.69) is 6.58 Å². The fourth-order valence-electron chi connectivity index (χ4n) is 0.937. The Morgan fingerprint density at radius 1 is 1.62 bits per heavy atom. The zero-order valence-electron chi connectivity index (χ0n) is 8.47. The summed E-state index contributed by atoms with van der Waals surface area (Å²) in [7, 11) is 4.06. The number of nitrogens with one attached hydrogen (secondary N) is 1. The predicted octanol–water partition coefficient (Wildman–Crippen LogP) is -3.36. The lowest BCUT2D eigenvalue weighted by Crippen LogP contribution is -3.07. The maximum atomic E-state index is 10.8. The third kappa shape index (κ3) is 7.81. The third-order valence-electron chi connectivity index (χ3n) is 1.54. The van der Waals surface area contributed by atoms with Gasteiger partial charge in [-0.15, -0.1) is 0 Å². The van der Waals surface area contributed by atoms with Gasteiger partial charge in [0.25, 0.3) is 0 Å². The first kappa shape index (κ1) is 15.0. The van der Waals surface area contributed by atoms with E-state index in [0.29, 0.717) is 0 Å². The number of carbonyl (C=O) groups excluding carboxylic acids is 1. The van der Waals surface area contributed by atoms with Crippen molar-refractivity contribution in [2.75, 3.05) is 20.6 Å². The van der Waals surface area contributed by atoms with Crippen LogP contribution < -0.4 is 17.3 Å². The van der Waals surface area contributed by atoms with Crippen molar-refractivity contribution in [2.24, 2.45) is 0 Å². The van der Waals surface area contributed by atoms with Crippen molar-refractivity contribution >= 4 is 5.97 Å². The Hall–Kier alpha value is -0.540. The second-order valence-corrected chi connectivity index (χ2v) is 3.08. The number of carbonyl (C=O) groups is 1. The zero-order valence-corrected chi connectivity index (χ0v) is 9.23. The first-order chi connectivity index (χ1) is 5.60. The number of rotatable bonds is 5. The highest BCUT2D eigenvalue weighted by atomic mass is 35.5. The normalized spacial score (nSPS) is 11.7. The van der Waals surface area contributed by atoms with Gasteiger partial charge in [0.05, 0.1) is 14.1 Å². The highest BCUT2D eigenvalue weighted by Gasteiger charge is 2.13. The second-order valence-electron chi connectivity index (χ2n) is 3.08. The molecule has 78 valence electrons. The maximum Gasteiger partial charge on any atom is 0.330 e. The van der Waals surface area contributed by atoms with E-state index in [9.17, 15) is 4.79 Å². The van der Waals surface area contributed by atoms with Crippen LogP contribution in [0.2, 0.25) is 0 Å². The van der Waals surface area contributed by atoms with E-state index < -0.39 is 0 Å². The smallest absolute Gasteiger partial charge is 0.330 e. The maximum absolute atomic E-state index is 10.8. The van der Waals surface area contributed by atoms with Crippen LogP contribution in [0.25, 0.3) is 0 Å². The van der Waals surface area contributed by atoms with Gasteiger partial charge in [0.2, 0.25) is 0 Å². The lowest BCUT2D eigenvalue weighted by molar-refractivity contribution is -0.861. The number of hydrogen-bond acceptors (Lipinski definition) is 2. The van der Waals surface area contributed by atoms with Crippen molar-refractivity contribution in [3.8, 4) is 0 Å². The molecule has 1 unspecified atom stereocenters. The van der Waals surface area contributed by atoms with Crippen molar-refractivity contribution in [3.05, 3.63) is 12.7 Å². The predicted molar refractivity (Wildman–Crippen MR) is 48.0 cm³/mol. The molecule has 0 saturated heterocycles. The molecule has 4 heteroatoms. The summed E-state index contributed by atoms with van der Waals surface area (Å²) in [5.74, 6) is -0.330. The minimum Gasteiger partial charge on any atom is -1.00 e. The zero-order chi connectivity index (χ0) is 9.56. The summed E-state index contributed by atoms with van der Waals surface area (Å²) in [5.41, 5.74) is 0. The van der Waals surface area contributed by atoms with Gasteiger partial charge >= 0.3 is 5.97 Å². The van der Waals surface area contributed by atoms with Gasteiger partial charge in [-0.2, -0.15) is 0 Å². The van der Waals surface area contributed by atoms with Crippen molar-refractivity contribution < 1.29 is 26.8 Å².